The fourth-order valence-electron chi connectivity index (χ4n) is 3.34. The van der Waals surface area contributed by atoms with E-state index >= 15 is 0 Å². The molecule has 142 valence electrons. The zero-order valence-electron chi connectivity index (χ0n) is 16.1. The van der Waals surface area contributed by atoms with Gasteiger partial charge in [-0.2, -0.15) is 0 Å². The molecule has 0 fully saturated rings. The van der Waals surface area contributed by atoms with Gasteiger partial charge in [-0.25, -0.2) is 0 Å². The molecule has 0 saturated carbocycles. The fourth-order valence-corrected chi connectivity index (χ4v) is 3.34. The Morgan fingerprint density at radius 1 is 1.15 bits per heavy atom. The molecule has 2 aromatic carbocycles. The predicted octanol–water partition coefficient (Wildman–Crippen LogP) is 3.42. The molecule has 1 amide bonds. The van der Waals surface area contributed by atoms with Crippen LogP contribution in [0, 0.1) is 0 Å². The second-order valence-corrected chi connectivity index (χ2v) is 6.64. The molecular weight excluding hydrogens is 338 g/mol. The minimum Gasteiger partial charge on any atom is -0.497 e. The number of carbonyl (C=O) groups is 1. The highest BCUT2D eigenvalue weighted by Crippen LogP contribution is 2.31. The summed E-state index contributed by atoms with van der Waals surface area (Å²) in [6.45, 7) is 5.11. The summed E-state index contributed by atoms with van der Waals surface area (Å²) in [6.07, 6.45) is 2.07. The third-order valence-electron chi connectivity index (χ3n) is 4.89. The molecule has 0 radical (unpaired) electrons. The Labute approximate surface area is 160 Å². The Bertz CT molecular complexity index is 886. The molecule has 0 spiro atoms. The van der Waals surface area contributed by atoms with Gasteiger partial charge in [0.1, 0.15) is 5.75 Å². The zero-order chi connectivity index (χ0) is 19.2. The molecule has 2 atom stereocenters. The lowest BCUT2D eigenvalue weighted by Crippen LogP contribution is -2.43. The van der Waals surface area contributed by atoms with Crippen molar-refractivity contribution >= 4 is 16.8 Å². The van der Waals surface area contributed by atoms with Crippen LogP contribution in [0.1, 0.15) is 30.9 Å². The second kappa shape index (κ2) is 8.73. The van der Waals surface area contributed by atoms with Gasteiger partial charge >= 0.3 is 0 Å². The SMILES string of the molecule is CCNC(=O)[C@@H](C)NC[C@H](c1ccc(OC)cc1)c1c[nH]c2ccccc12. The first-order valence-corrected chi connectivity index (χ1v) is 9.35. The molecular formula is C22H27N3O2. The topological polar surface area (TPSA) is 66.2 Å². The number of para-hydroxylation sites is 1. The van der Waals surface area contributed by atoms with Crippen molar-refractivity contribution in [1.29, 1.82) is 0 Å². The van der Waals surface area contributed by atoms with E-state index in [9.17, 15) is 4.79 Å². The van der Waals surface area contributed by atoms with Crippen LogP contribution in [0.15, 0.2) is 54.7 Å². The smallest absolute Gasteiger partial charge is 0.236 e. The third-order valence-corrected chi connectivity index (χ3v) is 4.89. The van der Waals surface area contributed by atoms with Crippen LogP contribution >= 0.6 is 0 Å². The Balaban J connectivity index is 1.90. The maximum Gasteiger partial charge on any atom is 0.236 e. The second-order valence-electron chi connectivity index (χ2n) is 6.64. The maximum absolute atomic E-state index is 12.1. The van der Waals surface area contributed by atoms with Crippen LogP contribution in [0.25, 0.3) is 10.9 Å². The lowest BCUT2D eigenvalue weighted by molar-refractivity contribution is -0.122. The summed E-state index contributed by atoms with van der Waals surface area (Å²) in [4.78, 5) is 15.4. The third kappa shape index (κ3) is 4.31. The number of likely N-dealkylation sites (N-methyl/N-ethyl adjacent to an activating group) is 1. The number of aromatic amines is 1. The highest BCUT2D eigenvalue weighted by molar-refractivity contribution is 5.84. The van der Waals surface area contributed by atoms with E-state index in [-0.39, 0.29) is 17.9 Å². The van der Waals surface area contributed by atoms with E-state index in [1.54, 1.807) is 7.11 Å². The minimum atomic E-state index is -0.254. The van der Waals surface area contributed by atoms with Crippen LogP contribution in [-0.4, -0.2) is 37.1 Å². The standard InChI is InChI=1S/C22H27N3O2/c1-4-23-22(26)15(2)24-13-19(16-9-11-17(27-3)12-10-16)20-14-25-21-8-6-5-7-18(20)21/h5-12,14-15,19,24-25H,4,13H2,1-3H3,(H,23,26)/t15-,19-/m1/s1. The van der Waals surface area contributed by atoms with E-state index in [1.807, 2.05) is 32.0 Å². The Morgan fingerprint density at radius 2 is 1.89 bits per heavy atom. The van der Waals surface area contributed by atoms with Gasteiger partial charge in [0, 0.05) is 36.1 Å². The van der Waals surface area contributed by atoms with Crippen LogP contribution < -0.4 is 15.4 Å². The Morgan fingerprint density at radius 3 is 2.59 bits per heavy atom. The lowest BCUT2D eigenvalue weighted by atomic mass is 9.90. The molecule has 5 heteroatoms. The maximum atomic E-state index is 12.1. The summed E-state index contributed by atoms with van der Waals surface area (Å²) in [5, 5.41) is 7.45. The van der Waals surface area contributed by atoms with Crippen molar-refractivity contribution in [3.05, 3.63) is 65.9 Å². The number of hydrogen-bond acceptors (Lipinski definition) is 3. The number of benzene rings is 2. The molecule has 3 N–H and O–H groups in total. The van der Waals surface area contributed by atoms with E-state index in [0.717, 1.165) is 11.3 Å². The molecule has 0 aliphatic rings. The molecule has 0 saturated heterocycles. The summed E-state index contributed by atoms with van der Waals surface area (Å²) in [6, 6.07) is 16.2. The molecule has 0 bridgehead atoms. The number of hydrogen-bond donors (Lipinski definition) is 3. The molecule has 0 unspecified atom stereocenters. The van der Waals surface area contributed by atoms with Gasteiger partial charge in [0.2, 0.25) is 5.91 Å². The summed E-state index contributed by atoms with van der Waals surface area (Å²) in [5.74, 6) is 0.967. The van der Waals surface area contributed by atoms with Gasteiger partial charge in [-0.3, -0.25) is 4.79 Å². The van der Waals surface area contributed by atoms with E-state index in [2.05, 4.69) is 52.1 Å². The molecule has 0 aliphatic heterocycles. The monoisotopic (exact) mass is 365 g/mol. The van der Waals surface area contributed by atoms with Crippen molar-refractivity contribution in [2.24, 2.45) is 0 Å². The van der Waals surface area contributed by atoms with Crippen molar-refractivity contribution in [1.82, 2.24) is 15.6 Å². The van der Waals surface area contributed by atoms with E-state index < -0.39 is 0 Å². The van der Waals surface area contributed by atoms with Crippen molar-refractivity contribution in [3.63, 3.8) is 0 Å². The molecule has 3 rings (SSSR count). The largest absolute Gasteiger partial charge is 0.497 e. The molecule has 5 nitrogen and oxygen atoms in total. The van der Waals surface area contributed by atoms with Crippen LogP contribution in [0.3, 0.4) is 0 Å². The highest BCUT2D eigenvalue weighted by atomic mass is 16.5. The van der Waals surface area contributed by atoms with Gasteiger partial charge in [-0.1, -0.05) is 30.3 Å². The van der Waals surface area contributed by atoms with Crippen LogP contribution in [0.2, 0.25) is 0 Å². The van der Waals surface area contributed by atoms with Crippen molar-refractivity contribution in [3.8, 4) is 5.75 Å². The Hall–Kier alpha value is -2.79. The van der Waals surface area contributed by atoms with Crippen molar-refractivity contribution < 1.29 is 9.53 Å². The number of methoxy groups -OCH3 is 1. The number of H-pyrrole nitrogens is 1. The highest BCUT2D eigenvalue weighted by Gasteiger charge is 2.20. The average molecular weight is 365 g/mol. The summed E-state index contributed by atoms with van der Waals surface area (Å²) in [7, 11) is 1.67. The van der Waals surface area contributed by atoms with Crippen LogP contribution in [0.4, 0.5) is 0 Å². The van der Waals surface area contributed by atoms with Crippen molar-refractivity contribution in [2.45, 2.75) is 25.8 Å². The van der Waals surface area contributed by atoms with Crippen molar-refractivity contribution in [2.75, 3.05) is 20.2 Å². The molecule has 1 aromatic heterocycles. The number of nitrogens with one attached hydrogen (secondary N) is 3. The number of amides is 1. The summed E-state index contributed by atoms with van der Waals surface area (Å²) >= 11 is 0. The number of carbonyl (C=O) groups excluding carboxylic acids is 1. The van der Waals surface area contributed by atoms with Gasteiger partial charge < -0.3 is 20.4 Å². The normalized spacial score (nSPS) is 13.3. The Kier molecular flexibility index (Phi) is 6.14. The lowest BCUT2D eigenvalue weighted by Gasteiger charge is -2.21. The van der Waals surface area contributed by atoms with Crippen LogP contribution in [0.5, 0.6) is 5.75 Å². The zero-order valence-corrected chi connectivity index (χ0v) is 16.1. The summed E-state index contributed by atoms with van der Waals surface area (Å²) in [5.41, 5.74) is 3.50. The van der Waals surface area contributed by atoms with E-state index in [4.69, 9.17) is 4.74 Å². The van der Waals surface area contributed by atoms with Gasteiger partial charge in [-0.05, 0) is 43.2 Å². The molecule has 0 aliphatic carbocycles. The first kappa shape index (κ1) is 19.0. The first-order valence-electron chi connectivity index (χ1n) is 9.35. The quantitative estimate of drug-likeness (QED) is 0.573. The molecule has 3 aromatic rings. The number of fused-ring (bicyclic) bond motifs is 1. The minimum absolute atomic E-state index is 0.0184. The molecule has 1 heterocycles. The van der Waals surface area contributed by atoms with Gasteiger partial charge in [0.25, 0.3) is 0 Å². The fraction of sp³-hybridized carbons (Fsp3) is 0.318. The summed E-state index contributed by atoms with van der Waals surface area (Å²) < 4.78 is 5.29. The predicted molar refractivity (Wildman–Crippen MR) is 109 cm³/mol. The molecule has 27 heavy (non-hydrogen) atoms. The van der Waals surface area contributed by atoms with E-state index in [0.29, 0.717) is 13.1 Å². The van der Waals surface area contributed by atoms with Gasteiger partial charge in [0.05, 0.1) is 13.2 Å². The first-order chi connectivity index (χ1) is 13.1. The van der Waals surface area contributed by atoms with E-state index in [1.165, 1.54) is 16.5 Å². The average Bonchev–Trinajstić information content (AvgIpc) is 3.12. The number of aromatic nitrogens is 1. The van der Waals surface area contributed by atoms with Gasteiger partial charge in [-0.15, -0.1) is 0 Å². The van der Waals surface area contributed by atoms with Crippen LogP contribution in [-0.2, 0) is 4.79 Å². The van der Waals surface area contributed by atoms with Gasteiger partial charge in [0.15, 0.2) is 0 Å². The number of ether oxygens (including phenoxy) is 1. The number of rotatable bonds is 8.